The first kappa shape index (κ1) is 15.3. The minimum atomic E-state index is -0.340. The van der Waals surface area contributed by atoms with Crippen LogP contribution < -0.4 is 4.74 Å². The number of hydrogen-bond donors (Lipinski definition) is 1. The maximum Gasteiger partial charge on any atom is 0.119 e. The summed E-state index contributed by atoms with van der Waals surface area (Å²) in [5, 5.41) is 9.99. The Kier molecular flexibility index (Phi) is 6.30. The van der Waals surface area contributed by atoms with Gasteiger partial charge in [0.1, 0.15) is 12.4 Å². The van der Waals surface area contributed by atoms with Gasteiger partial charge >= 0.3 is 0 Å². The molecule has 0 heterocycles. The van der Waals surface area contributed by atoms with Crippen LogP contribution in [0.15, 0.2) is 18.2 Å². The number of hydrogen-bond acceptors (Lipinski definition) is 4. The van der Waals surface area contributed by atoms with Crippen molar-refractivity contribution in [2.24, 2.45) is 0 Å². The van der Waals surface area contributed by atoms with Crippen LogP contribution in [0.1, 0.15) is 36.5 Å². The lowest BCUT2D eigenvalue weighted by atomic mass is 9.89. The van der Waals surface area contributed by atoms with Crippen molar-refractivity contribution in [3.05, 3.63) is 29.3 Å². The largest absolute Gasteiger partial charge is 0.491 e. The molecule has 1 aliphatic rings. The standard InChI is InChI=1S/C16H24O4/c1-18-8-3-9-19-10-11-20-14-7-6-13-4-2-5-16(17)15(13)12-14/h6-7,12,16-17H,2-5,8-11H2,1H3/t16-/m1/s1. The minimum absolute atomic E-state index is 0.340. The number of aliphatic hydroxyl groups excluding tert-OH is 1. The van der Waals surface area contributed by atoms with Crippen LogP contribution in [0.4, 0.5) is 0 Å². The Morgan fingerprint density at radius 3 is 2.95 bits per heavy atom. The molecule has 0 saturated heterocycles. The zero-order valence-corrected chi connectivity index (χ0v) is 12.1. The van der Waals surface area contributed by atoms with Gasteiger partial charge in [-0.25, -0.2) is 0 Å². The summed E-state index contributed by atoms with van der Waals surface area (Å²) in [4.78, 5) is 0. The molecular formula is C16H24O4. The van der Waals surface area contributed by atoms with Gasteiger partial charge in [0.15, 0.2) is 0 Å². The molecule has 1 N–H and O–H groups in total. The second-order valence-corrected chi connectivity index (χ2v) is 5.08. The fraction of sp³-hybridized carbons (Fsp3) is 0.625. The van der Waals surface area contributed by atoms with Crippen molar-refractivity contribution in [2.75, 3.05) is 33.5 Å². The van der Waals surface area contributed by atoms with E-state index in [9.17, 15) is 5.11 Å². The molecule has 2 rings (SSSR count). The fourth-order valence-corrected chi connectivity index (χ4v) is 2.47. The summed E-state index contributed by atoms with van der Waals surface area (Å²) in [7, 11) is 1.69. The average Bonchev–Trinajstić information content (AvgIpc) is 2.47. The number of aliphatic hydroxyl groups is 1. The van der Waals surface area contributed by atoms with Gasteiger partial charge in [-0.05, 0) is 48.9 Å². The van der Waals surface area contributed by atoms with Crippen molar-refractivity contribution in [1.29, 1.82) is 0 Å². The Labute approximate surface area is 120 Å². The van der Waals surface area contributed by atoms with E-state index in [4.69, 9.17) is 14.2 Å². The van der Waals surface area contributed by atoms with Crippen molar-refractivity contribution in [3.8, 4) is 5.75 Å². The van der Waals surface area contributed by atoms with E-state index in [1.54, 1.807) is 7.11 Å². The first-order valence-corrected chi connectivity index (χ1v) is 7.31. The average molecular weight is 280 g/mol. The van der Waals surface area contributed by atoms with E-state index in [2.05, 4.69) is 6.07 Å². The molecule has 1 aliphatic carbocycles. The van der Waals surface area contributed by atoms with Gasteiger partial charge in [-0.3, -0.25) is 0 Å². The Balaban J connectivity index is 1.72. The number of rotatable bonds is 8. The number of fused-ring (bicyclic) bond motifs is 1. The van der Waals surface area contributed by atoms with Gasteiger partial charge in [0.25, 0.3) is 0 Å². The van der Waals surface area contributed by atoms with Crippen LogP contribution in [-0.4, -0.2) is 38.6 Å². The lowest BCUT2D eigenvalue weighted by Gasteiger charge is -2.22. The first-order valence-electron chi connectivity index (χ1n) is 7.31. The monoisotopic (exact) mass is 280 g/mol. The third-order valence-corrected chi connectivity index (χ3v) is 3.53. The van der Waals surface area contributed by atoms with Gasteiger partial charge in [0, 0.05) is 20.3 Å². The highest BCUT2D eigenvalue weighted by molar-refractivity contribution is 5.38. The van der Waals surface area contributed by atoms with Gasteiger partial charge in [0.2, 0.25) is 0 Å². The molecule has 0 saturated carbocycles. The summed E-state index contributed by atoms with van der Waals surface area (Å²) in [6.07, 6.45) is 3.52. The molecular weight excluding hydrogens is 256 g/mol. The minimum Gasteiger partial charge on any atom is -0.491 e. The molecule has 1 aromatic rings. The van der Waals surface area contributed by atoms with E-state index in [-0.39, 0.29) is 6.10 Å². The number of benzene rings is 1. The van der Waals surface area contributed by atoms with E-state index in [1.165, 1.54) is 5.56 Å². The van der Waals surface area contributed by atoms with Crippen LogP contribution in [0.2, 0.25) is 0 Å². The Morgan fingerprint density at radius 2 is 2.10 bits per heavy atom. The van der Waals surface area contributed by atoms with E-state index in [0.29, 0.717) is 19.8 Å². The van der Waals surface area contributed by atoms with E-state index < -0.39 is 0 Å². The Bertz CT molecular complexity index is 405. The van der Waals surface area contributed by atoms with Crippen molar-refractivity contribution < 1.29 is 19.3 Å². The first-order chi connectivity index (χ1) is 9.81. The lowest BCUT2D eigenvalue weighted by Crippen LogP contribution is -2.11. The van der Waals surface area contributed by atoms with E-state index in [1.807, 2.05) is 12.1 Å². The molecule has 20 heavy (non-hydrogen) atoms. The van der Waals surface area contributed by atoms with Crippen molar-refractivity contribution in [1.82, 2.24) is 0 Å². The summed E-state index contributed by atoms with van der Waals surface area (Å²) in [6, 6.07) is 6.00. The summed E-state index contributed by atoms with van der Waals surface area (Å²) >= 11 is 0. The molecule has 0 bridgehead atoms. The molecule has 1 aromatic carbocycles. The summed E-state index contributed by atoms with van der Waals surface area (Å²) < 4.78 is 16.0. The Morgan fingerprint density at radius 1 is 1.20 bits per heavy atom. The predicted molar refractivity (Wildman–Crippen MR) is 77.1 cm³/mol. The second-order valence-electron chi connectivity index (χ2n) is 5.08. The molecule has 0 fully saturated rings. The van der Waals surface area contributed by atoms with Gasteiger partial charge in [-0.2, -0.15) is 0 Å². The molecule has 1 atom stereocenters. The number of ether oxygens (including phenoxy) is 3. The molecule has 0 aromatic heterocycles. The molecule has 0 unspecified atom stereocenters. The normalized spacial score (nSPS) is 17.8. The maximum atomic E-state index is 9.99. The van der Waals surface area contributed by atoms with E-state index >= 15 is 0 Å². The molecule has 112 valence electrons. The van der Waals surface area contributed by atoms with Gasteiger partial charge in [-0.15, -0.1) is 0 Å². The predicted octanol–water partition coefficient (Wildman–Crippen LogP) is 2.49. The van der Waals surface area contributed by atoms with Crippen LogP contribution in [-0.2, 0) is 15.9 Å². The van der Waals surface area contributed by atoms with Crippen molar-refractivity contribution >= 4 is 0 Å². The molecule has 4 nitrogen and oxygen atoms in total. The second kappa shape index (κ2) is 8.25. The van der Waals surface area contributed by atoms with Crippen molar-refractivity contribution in [3.63, 3.8) is 0 Å². The quantitative estimate of drug-likeness (QED) is 0.743. The van der Waals surface area contributed by atoms with Crippen LogP contribution in [0, 0.1) is 0 Å². The van der Waals surface area contributed by atoms with Crippen LogP contribution in [0.3, 0.4) is 0 Å². The van der Waals surface area contributed by atoms with Gasteiger partial charge in [-0.1, -0.05) is 6.07 Å². The highest BCUT2D eigenvalue weighted by Gasteiger charge is 2.18. The molecule has 0 aliphatic heterocycles. The summed E-state index contributed by atoms with van der Waals surface area (Å²) in [6.45, 7) is 2.52. The third-order valence-electron chi connectivity index (χ3n) is 3.53. The molecule has 0 amide bonds. The molecule has 0 spiro atoms. The molecule has 0 radical (unpaired) electrons. The maximum absolute atomic E-state index is 9.99. The van der Waals surface area contributed by atoms with Crippen LogP contribution in [0.5, 0.6) is 5.75 Å². The topological polar surface area (TPSA) is 47.9 Å². The van der Waals surface area contributed by atoms with Crippen LogP contribution in [0.25, 0.3) is 0 Å². The Hall–Kier alpha value is -1.10. The van der Waals surface area contributed by atoms with Gasteiger partial charge < -0.3 is 19.3 Å². The highest BCUT2D eigenvalue weighted by Crippen LogP contribution is 2.32. The zero-order chi connectivity index (χ0) is 14.2. The smallest absolute Gasteiger partial charge is 0.119 e. The van der Waals surface area contributed by atoms with E-state index in [0.717, 1.165) is 43.6 Å². The lowest BCUT2D eigenvalue weighted by molar-refractivity contribution is 0.0805. The van der Waals surface area contributed by atoms with Crippen LogP contribution >= 0.6 is 0 Å². The summed E-state index contributed by atoms with van der Waals surface area (Å²) in [5.74, 6) is 0.810. The SMILES string of the molecule is COCCCOCCOc1ccc2c(c1)[C@H](O)CCC2. The number of aryl methyl sites for hydroxylation is 1. The highest BCUT2D eigenvalue weighted by atomic mass is 16.5. The van der Waals surface area contributed by atoms with Crippen molar-refractivity contribution in [2.45, 2.75) is 31.8 Å². The fourth-order valence-electron chi connectivity index (χ4n) is 2.47. The number of methoxy groups -OCH3 is 1. The molecule has 4 heteroatoms. The summed E-state index contributed by atoms with van der Waals surface area (Å²) in [5.41, 5.74) is 2.27. The zero-order valence-electron chi connectivity index (χ0n) is 12.1. The third kappa shape index (κ3) is 4.47. The van der Waals surface area contributed by atoms with Gasteiger partial charge in [0.05, 0.1) is 12.7 Å².